The van der Waals surface area contributed by atoms with Crippen LogP contribution < -0.4 is 0 Å². The molecule has 6 heteroatoms. The van der Waals surface area contributed by atoms with Crippen molar-refractivity contribution in [2.75, 3.05) is 12.9 Å². The van der Waals surface area contributed by atoms with Crippen molar-refractivity contribution in [3.8, 4) is 0 Å². The van der Waals surface area contributed by atoms with Crippen molar-refractivity contribution in [3.05, 3.63) is 66.8 Å². The highest BCUT2D eigenvalue weighted by Gasteiger charge is 2.12. The number of hydrogen-bond donors (Lipinski definition) is 0. The molecule has 0 saturated heterocycles. The maximum absolute atomic E-state index is 11.0. The summed E-state index contributed by atoms with van der Waals surface area (Å²) in [5, 5.41) is 0. The van der Waals surface area contributed by atoms with Crippen molar-refractivity contribution in [2.24, 2.45) is 0 Å². The predicted molar refractivity (Wildman–Crippen MR) is 147 cm³/mol. The van der Waals surface area contributed by atoms with Gasteiger partial charge in [0.25, 0.3) is 10.1 Å². The molecule has 0 aliphatic heterocycles. The highest BCUT2D eigenvalue weighted by molar-refractivity contribution is 14.1. The van der Waals surface area contributed by atoms with E-state index < -0.39 is 10.1 Å². The smallest absolute Gasteiger partial charge is 0.264 e. The molecule has 0 spiro atoms. The van der Waals surface area contributed by atoms with Crippen molar-refractivity contribution in [1.29, 1.82) is 0 Å². The maximum Gasteiger partial charge on any atom is 0.264 e. The molecule has 31 heavy (non-hydrogen) atoms. The second kappa shape index (κ2) is 14.9. The SMILES string of the molecule is CS(=O)(=O)OCCCCCCCCC(CCCc1cccc(I)c1)c1cccc(I)c1. The third-order valence-electron chi connectivity index (χ3n) is 5.47. The summed E-state index contributed by atoms with van der Waals surface area (Å²) in [7, 11) is -3.29. The van der Waals surface area contributed by atoms with Crippen LogP contribution in [0.15, 0.2) is 48.5 Å². The molecule has 0 N–H and O–H groups in total. The normalized spacial score (nSPS) is 12.7. The molecule has 0 saturated carbocycles. The highest BCUT2D eigenvalue weighted by Crippen LogP contribution is 2.29. The topological polar surface area (TPSA) is 43.4 Å². The van der Waals surface area contributed by atoms with Crippen LogP contribution in [0.4, 0.5) is 0 Å². The fraction of sp³-hybridized carbons (Fsp3) is 0.520. The number of rotatable bonds is 15. The van der Waals surface area contributed by atoms with Crippen LogP contribution >= 0.6 is 45.2 Å². The fourth-order valence-corrected chi connectivity index (χ4v) is 5.49. The Kier molecular flexibility index (Phi) is 13.0. The molecular weight excluding hydrogens is 634 g/mol. The van der Waals surface area contributed by atoms with Crippen molar-refractivity contribution in [1.82, 2.24) is 0 Å². The van der Waals surface area contributed by atoms with Crippen LogP contribution in [0.25, 0.3) is 0 Å². The zero-order valence-corrected chi connectivity index (χ0v) is 23.5. The van der Waals surface area contributed by atoms with E-state index >= 15 is 0 Å². The molecule has 0 fully saturated rings. The molecule has 0 bridgehead atoms. The number of halogens is 2. The van der Waals surface area contributed by atoms with E-state index in [1.807, 2.05) is 0 Å². The lowest BCUT2D eigenvalue weighted by Gasteiger charge is -2.18. The molecule has 0 heterocycles. The van der Waals surface area contributed by atoms with Gasteiger partial charge in [0.05, 0.1) is 12.9 Å². The van der Waals surface area contributed by atoms with E-state index in [2.05, 4.69) is 93.7 Å². The third-order valence-corrected chi connectivity index (χ3v) is 7.41. The summed E-state index contributed by atoms with van der Waals surface area (Å²) in [6.07, 6.45) is 12.6. The largest absolute Gasteiger partial charge is 0.270 e. The molecule has 0 aliphatic rings. The van der Waals surface area contributed by atoms with Gasteiger partial charge in [-0.05, 0) is 119 Å². The van der Waals surface area contributed by atoms with Crippen LogP contribution in [0.1, 0.15) is 74.8 Å². The van der Waals surface area contributed by atoms with Crippen LogP contribution in [0.2, 0.25) is 0 Å². The van der Waals surface area contributed by atoms with E-state index in [0.717, 1.165) is 31.9 Å². The molecule has 2 aromatic carbocycles. The summed E-state index contributed by atoms with van der Waals surface area (Å²) in [4.78, 5) is 0. The third kappa shape index (κ3) is 12.6. The zero-order valence-electron chi connectivity index (χ0n) is 18.4. The molecule has 0 aliphatic carbocycles. The minimum absolute atomic E-state index is 0.314. The van der Waals surface area contributed by atoms with Gasteiger partial charge >= 0.3 is 0 Å². The Labute approximate surface area is 216 Å². The molecule has 2 rings (SSSR count). The summed E-state index contributed by atoms with van der Waals surface area (Å²) in [5.41, 5.74) is 2.92. The van der Waals surface area contributed by atoms with Crippen LogP contribution in [-0.2, 0) is 20.7 Å². The Hall–Kier alpha value is -0.190. The minimum Gasteiger partial charge on any atom is -0.270 e. The van der Waals surface area contributed by atoms with Gasteiger partial charge in [-0.2, -0.15) is 8.42 Å². The van der Waals surface area contributed by atoms with Gasteiger partial charge in [0.15, 0.2) is 0 Å². The van der Waals surface area contributed by atoms with Crippen LogP contribution in [0.3, 0.4) is 0 Å². The Balaban J connectivity index is 1.72. The molecule has 0 radical (unpaired) electrons. The monoisotopic (exact) mass is 668 g/mol. The molecule has 1 unspecified atom stereocenters. The highest BCUT2D eigenvalue weighted by atomic mass is 127. The van der Waals surface area contributed by atoms with E-state index in [1.54, 1.807) is 0 Å². The molecule has 0 amide bonds. The summed E-state index contributed by atoms with van der Waals surface area (Å²) in [5.74, 6) is 0.626. The number of unbranched alkanes of at least 4 members (excludes halogenated alkanes) is 5. The molecule has 172 valence electrons. The summed E-state index contributed by atoms with van der Waals surface area (Å²) < 4.78 is 29.3. The molecule has 0 aromatic heterocycles. The maximum atomic E-state index is 11.0. The predicted octanol–water partition coefficient (Wildman–Crippen LogP) is 7.71. The Morgan fingerprint density at radius 3 is 2.10 bits per heavy atom. The lowest BCUT2D eigenvalue weighted by molar-refractivity contribution is 0.309. The van der Waals surface area contributed by atoms with Crippen LogP contribution in [-0.4, -0.2) is 21.3 Å². The van der Waals surface area contributed by atoms with Crippen molar-refractivity contribution < 1.29 is 12.6 Å². The van der Waals surface area contributed by atoms with Gasteiger partial charge < -0.3 is 0 Å². The quantitative estimate of drug-likeness (QED) is 0.111. The summed E-state index contributed by atoms with van der Waals surface area (Å²) in [6.45, 7) is 0.314. The Bertz CT molecular complexity index is 884. The van der Waals surface area contributed by atoms with Crippen LogP contribution in [0, 0.1) is 7.14 Å². The second-order valence-corrected chi connectivity index (χ2v) is 12.3. The van der Waals surface area contributed by atoms with Crippen molar-refractivity contribution in [2.45, 2.75) is 70.1 Å². The first kappa shape index (κ1) is 27.1. The van der Waals surface area contributed by atoms with E-state index in [1.165, 1.54) is 56.8 Å². The van der Waals surface area contributed by atoms with Gasteiger partial charge in [0, 0.05) is 7.14 Å². The van der Waals surface area contributed by atoms with E-state index in [-0.39, 0.29) is 0 Å². The van der Waals surface area contributed by atoms with Crippen LogP contribution in [0.5, 0.6) is 0 Å². The van der Waals surface area contributed by atoms with Crippen molar-refractivity contribution >= 4 is 55.3 Å². The lowest BCUT2D eigenvalue weighted by Crippen LogP contribution is -2.03. The van der Waals surface area contributed by atoms with Gasteiger partial charge in [0.2, 0.25) is 0 Å². The first-order chi connectivity index (χ1) is 14.8. The van der Waals surface area contributed by atoms with Gasteiger partial charge in [-0.3, -0.25) is 4.18 Å². The Morgan fingerprint density at radius 2 is 1.42 bits per heavy atom. The molecular formula is C25H34I2O3S. The molecule has 2 aromatic rings. The van der Waals surface area contributed by atoms with Gasteiger partial charge in [-0.15, -0.1) is 0 Å². The summed E-state index contributed by atoms with van der Waals surface area (Å²) >= 11 is 4.80. The first-order valence-electron chi connectivity index (χ1n) is 11.2. The van der Waals surface area contributed by atoms with Gasteiger partial charge in [0.1, 0.15) is 0 Å². The molecule has 3 nitrogen and oxygen atoms in total. The first-order valence-corrected chi connectivity index (χ1v) is 15.2. The number of aryl methyl sites for hydroxylation is 1. The number of benzene rings is 2. The zero-order chi connectivity index (χ0) is 22.5. The minimum atomic E-state index is -3.29. The molecule has 1 atom stereocenters. The lowest BCUT2D eigenvalue weighted by atomic mass is 9.88. The summed E-state index contributed by atoms with van der Waals surface area (Å²) in [6, 6.07) is 17.8. The van der Waals surface area contributed by atoms with Gasteiger partial charge in [-0.25, -0.2) is 0 Å². The van der Waals surface area contributed by atoms with Crippen molar-refractivity contribution in [3.63, 3.8) is 0 Å². The average molecular weight is 668 g/mol. The van der Waals surface area contributed by atoms with E-state index in [9.17, 15) is 8.42 Å². The van der Waals surface area contributed by atoms with E-state index in [4.69, 9.17) is 4.18 Å². The van der Waals surface area contributed by atoms with Gasteiger partial charge in [-0.1, -0.05) is 56.4 Å². The van der Waals surface area contributed by atoms with E-state index in [0.29, 0.717) is 12.5 Å². The fourth-order valence-electron chi connectivity index (χ4n) is 3.89. The average Bonchev–Trinajstić information content (AvgIpc) is 2.70. The number of hydrogen-bond acceptors (Lipinski definition) is 3. The Morgan fingerprint density at radius 1 is 0.806 bits per heavy atom. The standard InChI is InChI=1S/C25H34I2O3S/c1-31(28,29)30-18-7-5-3-2-4-6-13-22(23-15-10-17-25(27)20-23)14-8-11-21-12-9-16-24(26)19-21/h9-10,12,15-17,19-20,22H,2-8,11,13-14,18H2,1H3. The second-order valence-electron chi connectivity index (χ2n) is 8.21.